The SMILES string of the molecule is Cc1ncsc1CCCNC(=O)N1C[C@@H]2C[C@H](C1)c1cccc(=O)n1C2. The first-order chi connectivity index (χ1) is 12.6. The van der Waals surface area contributed by atoms with Gasteiger partial charge in [-0.05, 0) is 38.2 Å². The molecule has 2 aliphatic rings. The molecule has 0 radical (unpaired) electrons. The number of carbonyl (C=O) groups excluding carboxylic acids is 1. The predicted molar refractivity (Wildman–Crippen MR) is 102 cm³/mol. The number of urea groups is 1. The molecular formula is C19H24N4O2S. The lowest BCUT2D eigenvalue weighted by atomic mass is 9.83. The van der Waals surface area contributed by atoms with Crippen LogP contribution in [0.5, 0.6) is 0 Å². The van der Waals surface area contributed by atoms with Crippen molar-refractivity contribution in [1.82, 2.24) is 19.8 Å². The summed E-state index contributed by atoms with van der Waals surface area (Å²) in [5.74, 6) is 0.633. The largest absolute Gasteiger partial charge is 0.338 e. The number of thiazole rings is 1. The number of fused-ring (bicyclic) bond motifs is 4. The van der Waals surface area contributed by atoms with Gasteiger partial charge in [-0.15, -0.1) is 11.3 Å². The van der Waals surface area contributed by atoms with E-state index in [9.17, 15) is 9.59 Å². The van der Waals surface area contributed by atoms with Crippen molar-refractivity contribution < 1.29 is 4.79 Å². The minimum absolute atomic E-state index is 0.0208. The molecule has 6 nitrogen and oxygen atoms in total. The van der Waals surface area contributed by atoms with Gasteiger partial charge in [0.05, 0.1) is 11.2 Å². The van der Waals surface area contributed by atoms with E-state index in [1.165, 1.54) is 4.88 Å². The molecule has 1 N–H and O–H groups in total. The maximum absolute atomic E-state index is 12.6. The number of pyridine rings is 1. The van der Waals surface area contributed by atoms with Gasteiger partial charge in [-0.2, -0.15) is 0 Å². The van der Waals surface area contributed by atoms with E-state index in [4.69, 9.17) is 0 Å². The van der Waals surface area contributed by atoms with Crippen molar-refractivity contribution in [3.05, 3.63) is 50.3 Å². The average Bonchev–Trinajstić information content (AvgIpc) is 3.04. The van der Waals surface area contributed by atoms with E-state index >= 15 is 0 Å². The molecule has 0 saturated carbocycles. The van der Waals surface area contributed by atoms with Crippen LogP contribution in [0.2, 0.25) is 0 Å². The summed E-state index contributed by atoms with van der Waals surface area (Å²) in [6, 6.07) is 5.50. The summed E-state index contributed by atoms with van der Waals surface area (Å²) in [7, 11) is 0. The van der Waals surface area contributed by atoms with Crippen LogP contribution in [0.1, 0.15) is 35.0 Å². The van der Waals surface area contributed by atoms with Gasteiger partial charge in [-0.3, -0.25) is 4.79 Å². The van der Waals surface area contributed by atoms with Crippen LogP contribution in [0.3, 0.4) is 0 Å². The fourth-order valence-electron chi connectivity index (χ4n) is 4.18. The summed E-state index contributed by atoms with van der Waals surface area (Å²) in [6.45, 7) is 4.86. The third-order valence-corrected chi connectivity index (χ3v) is 6.46. The van der Waals surface area contributed by atoms with Crippen LogP contribution in [0.4, 0.5) is 4.79 Å². The van der Waals surface area contributed by atoms with Crippen LogP contribution >= 0.6 is 11.3 Å². The summed E-state index contributed by atoms with van der Waals surface area (Å²) in [5, 5.41) is 3.06. The molecule has 2 amide bonds. The average molecular weight is 372 g/mol. The fourth-order valence-corrected chi connectivity index (χ4v) is 5.01. The number of hydrogen-bond acceptors (Lipinski definition) is 4. The summed E-state index contributed by atoms with van der Waals surface area (Å²) < 4.78 is 1.89. The van der Waals surface area contributed by atoms with Crippen LogP contribution in [0.15, 0.2) is 28.5 Å². The lowest BCUT2D eigenvalue weighted by molar-refractivity contribution is 0.131. The number of aryl methyl sites for hydroxylation is 2. The third kappa shape index (κ3) is 3.40. The Kier molecular flexibility index (Phi) is 4.80. The van der Waals surface area contributed by atoms with E-state index < -0.39 is 0 Å². The number of likely N-dealkylation sites (tertiary alicyclic amines) is 1. The third-order valence-electron chi connectivity index (χ3n) is 5.47. The van der Waals surface area contributed by atoms with Gasteiger partial charge in [0.15, 0.2) is 0 Å². The predicted octanol–water partition coefficient (Wildman–Crippen LogP) is 2.37. The number of nitrogens with zero attached hydrogens (tertiary/aromatic N) is 3. The van der Waals surface area contributed by atoms with Gasteiger partial charge in [0.1, 0.15) is 0 Å². The lowest BCUT2D eigenvalue weighted by Gasteiger charge is -2.42. The van der Waals surface area contributed by atoms with E-state index in [0.717, 1.165) is 43.7 Å². The quantitative estimate of drug-likeness (QED) is 0.838. The van der Waals surface area contributed by atoms with E-state index in [-0.39, 0.29) is 17.5 Å². The van der Waals surface area contributed by atoms with Gasteiger partial charge in [0.2, 0.25) is 0 Å². The van der Waals surface area contributed by atoms with Crippen LogP contribution in [0.25, 0.3) is 0 Å². The Hall–Kier alpha value is -2.15. The van der Waals surface area contributed by atoms with Crippen molar-refractivity contribution in [1.29, 1.82) is 0 Å². The molecule has 0 aromatic carbocycles. The highest BCUT2D eigenvalue weighted by Crippen LogP contribution is 2.34. The first-order valence-corrected chi connectivity index (χ1v) is 10.1. The van der Waals surface area contributed by atoms with Gasteiger partial charge in [0, 0.05) is 48.7 Å². The molecular weight excluding hydrogens is 348 g/mol. The minimum atomic E-state index is 0.0208. The van der Waals surface area contributed by atoms with Gasteiger partial charge >= 0.3 is 6.03 Å². The monoisotopic (exact) mass is 372 g/mol. The Balaban J connectivity index is 1.32. The number of nitrogens with one attached hydrogen (secondary N) is 1. The molecule has 7 heteroatoms. The second-order valence-electron chi connectivity index (χ2n) is 7.30. The van der Waals surface area contributed by atoms with Crippen molar-refractivity contribution in [2.45, 2.75) is 38.6 Å². The fraction of sp³-hybridized carbons (Fsp3) is 0.526. The lowest BCUT2D eigenvalue weighted by Crippen LogP contribution is -2.52. The second-order valence-corrected chi connectivity index (χ2v) is 8.24. The van der Waals surface area contributed by atoms with Crippen molar-refractivity contribution in [3.8, 4) is 0 Å². The van der Waals surface area contributed by atoms with Crippen LogP contribution in [0, 0.1) is 12.8 Å². The molecule has 4 rings (SSSR count). The molecule has 2 atom stereocenters. The Morgan fingerprint density at radius 1 is 1.35 bits per heavy atom. The van der Waals surface area contributed by atoms with Crippen LogP contribution in [-0.4, -0.2) is 40.1 Å². The van der Waals surface area contributed by atoms with E-state index in [1.807, 2.05) is 34.0 Å². The molecule has 0 spiro atoms. The smallest absolute Gasteiger partial charge is 0.317 e. The Labute approximate surface area is 156 Å². The summed E-state index contributed by atoms with van der Waals surface area (Å²) in [5.41, 5.74) is 4.12. The van der Waals surface area contributed by atoms with Gasteiger partial charge in [0.25, 0.3) is 5.56 Å². The zero-order valence-electron chi connectivity index (χ0n) is 15.0. The molecule has 138 valence electrons. The van der Waals surface area contributed by atoms with E-state index in [2.05, 4.69) is 10.3 Å². The normalized spacial score (nSPS) is 21.3. The zero-order chi connectivity index (χ0) is 18.1. The van der Waals surface area contributed by atoms with E-state index in [0.29, 0.717) is 19.0 Å². The van der Waals surface area contributed by atoms with Gasteiger partial charge < -0.3 is 14.8 Å². The number of amides is 2. The second kappa shape index (κ2) is 7.23. The topological polar surface area (TPSA) is 67.2 Å². The first-order valence-electron chi connectivity index (χ1n) is 9.23. The summed E-state index contributed by atoms with van der Waals surface area (Å²) >= 11 is 1.68. The molecule has 2 bridgehead atoms. The first kappa shape index (κ1) is 17.3. The Morgan fingerprint density at radius 2 is 2.23 bits per heavy atom. The molecule has 2 aliphatic heterocycles. The number of piperidine rings is 1. The minimum Gasteiger partial charge on any atom is -0.338 e. The maximum atomic E-state index is 12.6. The molecule has 1 fully saturated rings. The van der Waals surface area contributed by atoms with Crippen LogP contribution < -0.4 is 10.9 Å². The van der Waals surface area contributed by atoms with Crippen LogP contribution in [-0.2, 0) is 13.0 Å². The number of aromatic nitrogens is 2. The highest BCUT2D eigenvalue weighted by Gasteiger charge is 2.36. The molecule has 2 aromatic rings. The molecule has 0 unspecified atom stereocenters. The Morgan fingerprint density at radius 3 is 3.04 bits per heavy atom. The van der Waals surface area contributed by atoms with Gasteiger partial charge in [-0.25, -0.2) is 9.78 Å². The highest BCUT2D eigenvalue weighted by atomic mass is 32.1. The summed E-state index contributed by atoms with van der Waals surface area (Å²) in [4.78, 5) is 32.1. The molecule has 1 saturated heterocycles. The van der Waals surface area contributed by atoms with Gasteiger partial charge in [-0.1, -0.05) is 6.07 Å². The van der Waals surface area contributed by atoms with Crippen molar-refractivity contribution in [2.75, 3.05) is 19.6 Å². The molecule has 0 aliphatic carbocycles. The number of hydrogen-bond donors (Lipinski definition) is 1. The molecule has 26 heavy (non-hydrogen) atoms. The Bertz CT molecular complexity index is 859. The molecule has 4 heterocycles. The van der Waals surface area contributed by atoms with Crippen molar-refractivity contribution in [2.24, 2.45) is 5.92 Å². The zero-order valence-corrected chi connectivity index (χ0v) is 15.8. The standard InChI is InChI=1S/C19H24N4O2S/c1-13-17(26-12-21-13)5-3-7-20-19(25)22-9-14-8-15(11-22)16-4-2-6-18(24)23(16)10-14/h2,4,6,12,14-15H,3,5,7-11H2,1H3,(H,20,25)/t14-,15+/m0/s1. The number of rotatable bonds is 4. The highest BCUT2D eigenvalue weighted by molar-refractivity contribution is 7.09. The van der Waals surface area contributed by atoms with Crippen molar-refractivity contribution in [3.63, 3.8) is 0 Å². The van der Waals surface area contributed by atoms with Crippen molar-refractivity contribution >= 4 is 17.4 Å². The number of carbonyl (C=O) groups is 1. The van der Waals surface area contributed by atoms with E-state index in [1.54, 1.807) is 17.4 Å². The molecule has 2 aromatic heterocycles. The maximum Gasteiger partial charge on any atom is 0.317 e. The summed E-state index contributed by atoms with van der Waals surface area (Å²) in [6.07, 6.45) is 2.95.